The normalized spacial score (nSPS) is 11.9. The molecular formula is C48H82O7S. The highest BCUT2D eigenvalue weighted by Gasteiger charge is 2.23. The summed E-state index contributed by atoms with van der Waals surface area (Å²) in [5.41, 5.74) is -0.285. The first-order chi connectivity index (χ1) is 27.3. The number of carbonyl (C=O) groups is 2. The van der Waals surface area contributed by atoms with Crippen molar-refractivity contribution in [2.75, 3.05) is 13.2 Å². The van der Waals surface area contributed by atoms with Crippen LogP contribution in [0, 0.1) is 0 Å². The van der Waals surface area contributed by atoms with Gasteiger partial charge in [0.25, 0.3) is 10.1 Å². The number of hydrogen-bond donors (Lipinski definition) is 1. The lowest BCUT2D eigenvalue weighted by Crippen LogP contribution is -2.16. The molecule has 0 bridgehead atoms. The molecule has 0 saturated carbocycles. The third-order valence-corrected chi connectivity index (χ3v) is 11.4. The number of allylic oxidation sites excluding steroid dienone is 4. The summed E-state index contributed by atoms with van der Waals surface area (Å²) in [5, 5.41) is 0. The van der Waals surface area contributed by atoms with E-state index in [0.29, 0.717) is 12.8 Å². The van der Waals surface area contributed by atoms with Gasteiger partial charge in [0, 0.05) is 0 Å². The predicted octanol–water partition coefficient (Wildman–Crippen LogP) is 14.9. The summed E-state index contributed by atoms with van der Waals surface area (Å²) in [4.78, 5) is 25.4. The van der Waals surface area contributed by atoms with Crippen LogP contribution in [0.4, 0.5) is 0 Å². The number of hydrogen-bond acceptors (Lipinski definition) is 6. The molecule has 0 heterocycles. The van der Waals surface area contributed by atoms with Crippen LogP contribution in [0.2, 0.25) is 0 Å². The highest BCUT2D eigenvalue weighted by Crippen LogP contribution is 2.20. The molecule has 0 radical (unpaired) electrons. The van der Waals surface area contributed by atoms with Crippen molar-refractivity contribution in [3.63, 3.8) is 0 Å². The molecule has 0 unspecified atom stereocenters. The van der Waals surface area contributed by atoms with Gasteiger partial charge < -0.3 is 9.47 Å². The first kappa shape index (κ1) is 51.6. The molecule has 322 valence electrons. The lowest BCUT2D eigenvalue weighted by atomic mass is 10.1. The van der Waals surface area contributed by atoms with Crippen molar-refractivity contribution in [3.8, 4) is 0 Å². The molecule has 0 aliphatic carbocycles. The molecule has 56 heavy (non-hydrogen) atoms. The van der Waals surface area contributed by atoms with Gasteiger partial charge in [0.05, 0.1) is 29.2 Å². The average Bonchev–Trinajstić information content (AvgIpc) is 3.18. The zero-order chi connectivity index (χ0) is 40.8. The third kappa shape index (κ3) is 29.7. The standard InChI is InChI=1S/C48H82O7S/c1-3-5-7-9-11-13-15-17-19-21-23-25-27-29-31-33-35-37-41-54-47(49)45-40-39-44(56(51,52)53)43-46(45)48(50)55-42-38-36-34-32-30-28-26-24-22-20-18-16-14-12-10-8-6-4-2/h23-26,39-40,43H,3-22,27-38,41-42H2,1-2H3,(H,51,52,53)/b25-23+,26-24+. The minimum Gasteiger partial charge on any atom is -0.462 e. The van der Waals surface area contributed by atoms with E-state index in [4.69, 9.17) is 9.47 Å². The van der Waals surface area contributed by atoms with E-state index in [1.54, 1.807) is 0 Å². The van der Waals surface area contributed by atoms with Gasteiger partial charge in [-0.2, -0.15) is 8.42 Å². The number of rotatable bonds is 39. The van der Waals surface area contributed by atoms with Crippen LogP contribution in [-0.2, 0) is 19.6 Å². The molecule has 1 rings (SSSR count). The van der Waals surface area contributed by atoms with Crippen molar-refractivity contribution in [2.45, 2.75) is 224 Å². The Morgan fingerprint density at radius 3 is 1.11 bits per heavy atom. The van der Waals surface area contributed by atoms with Gasteiger partial charge in [-0.3, -0.25) is 4.55 Å². The van der Waals surface area contributed by atoms with Crippen molar-refractivity contribution in [3.05, 3.63) is 53.6 Å². The van der Waals surface area contributed by atoms with Crippen LogP contribution in [0.5, 0.6) is 0 Å². The summed E-state index contributed by atoms with van der Waals surface area (Å²) in [6, 6.07) is 3.29. The summed E-state index contributed by atoms with van der Waals surface area (Å²) in [6.45, 7) is 4.90. The van der Waals surface area contributed by atoms with Crippen molar-refractivity contribution < 1.29 is 32.0 Å². The Morgan fingerprint density at radius 1 is 0.464 bits per heavy atom. The van der Waals surface area contributed by atoms with Gasteiger partial charge in [-0.1, -0.05) is 179 Å². The Bertz CT molecular complexity index is 1270. The van der Waals surface area contributed by atoms with Crippen LogP contribution in [0.15, 0.2) is 47.4 Å². The van der Waals surface area contributed by atoms with E-state index in [0.717, 1.165) is 76.3 Å². The first-order valence-electron chi connectivity index (χ1n) is 23.1. The molecule has 1 aromatic rings. The monoisotopic (exact) mass is 803 g/mol. The van der Waals surface area contributed by atoms with Crippen molar-refractivity contribution >= 4 is 22.1 Å². The number of carbonyl (C=O) groups excluding carboxylic acids is 2. The van der Waals surface area contributed by atoms with E-state index in [9.17, 15) is 22.6 Å². The molecular weight excluding hydrogens is 721 g/mol. The summed E-state index contributed by atoms with van der Waals surface area (Å²) < 4.78 is 43.9. The zero-order valence-corrected chi connectivity index (χ0v) is 36.7. The zero-order valence-electron chi connectivity index (χ0n) is 35.9. The number of esters is 2. The van der Waals surface area contributed by atoms with Crippen molar-refractivity contribution in [1.82, 2.24) is 0 Å². The summed E-state index contributed by atoms with van der Waals surface area (Å²) in [5.74, 6) is -1.51. The Labute approximate surface area is 344 Å². The molecule has 0 saturated heterocycles. The molecule has 0 aromatic heterocycles. The van der Waals surface area contributed by atoms with Crippen LogP contribution in [-0.4, -0.2) is 38.1 Å². The minimum absolute atomic E-state index is 0.0672. The van der Waals surface area contributed by atoms with E-state index in [2.05, 4.69) is 38.2 Å². The van der Waals surface area contributed by atoms with Gasteiger partial charge in [0.15, 0.2) is 0 Å². The van der Waals surface area contributed by atoms with Crippen molar-refractivity contribution in [1.29, 1.82) is 0 Å². The summed E-state index contributed by atoms with van der Waals surface area (Å²) >= 11 is 0. The molecule has 0 spiro atoms. The van der Waals surface area contributed by atoms with Crippen LogP contribution in [0.25, 0.3) is 0 Å². The van der Waals surface area contributed by atoms with Gasteiger partial charge in [-0.15, -0.1) is 0 Å². The number of benzene rings is 1. The molecule has 0 atom stereocenters. The Balaban J connectivity index is 2.21. The Morgan fingerprint density at radius 2 is 0.768 bits per heavy atom. The Hall–Kier alpha value is -2.45. The van der Waals surface area contributed by atoms with Gasteiger partial charge >= 0.3 is 11.9 Å². The second-order valence-electron chi connectivity index (χ2n) is 15.7. The molecule has 0 aliphatic rings. The van der Waals surface area contributed by atoms with E-state index in [1.807, 2.05) is 0 Å². The maximum atomic E-state index is 13.0. The maximum Gasteiger partial charge on any atom is 0.339 e. The second-order valence-corrected chi connectivity index (χ2v) is 17.2. The summed E-state index contributed by atoms with van der Waals surface area (Å²) in [6.07, 6.45) is 48.1. The highest BCUT2D eigenvalue weighted by atomic mass is 32.2. The van der Waals surface area contributed by atoms with Gasteiger partial charge in [0.1, 0.15) is 0 Å². The van der Waals surface area contributed by atoms with E-state index in [1.165, 1.54) is 134 Å². The molecule has 0 amide bonds. The van der Waals surface area contributed by atoms with E-state index < -0.39 is 27.0 Å². The quantitative estimate of drug-likeness (QED) is 0.0306. The first-order valence-corrected chi connectivity index (χ1v) is 24.5. The van der Waals surface area contributed by atoms with Gasteiger partial charge in [-0.05, 0) is 82.4 Å². The molecule has 7 nitrogen and oxygen atoms in total. The predicted molar refractivity (Wildman–Crippen MR) is 234 cm³/mol. The van der Waals surface area contributed by atoms with Crippen LogP contribution >= 0.6 is 0 Å². The Kier molecular flexibility index (Phi) is 33.9. The summed E-state index contributed by atoms with van der Waals surface area (Å²) in [7, 11) is -4.57. The number of ether oxygens (including phenoxy) is 2. The highest BCUT2D eigenvalue weighted by molar-refractivity contribution is 7.85. The fourth-order valence-corrected chi connectivity index (χ4v) is 7.43. The lowest BCUT2D eigenvalue weighted by molar-refractivity contribution is 0.0450. The lowest BCUT2D eigenvalue weighted by Gasteiger charge is -2.11. The second kappa shape index (κ2) is 36.9. The van der Waals surface area contributed by atoms with Crippen LogP contribution in [0.1, 0.15) is 240 Å². The molecule has 0 fully saturated rings. The minimum atomic E-state index is -4.57. The van der Waals surface area contributed by atoms with Crippen LogP contribution < -0.4 is 0 Å². The van der Waals surface area contributed by atoms with E-state index >= 15 is 0 Å². The molecule has 1 aromatic carbocycles. The smallest absolute Gasteiger partial charge is 0.339 e. The van der Waals surface area contributed by atoms with Gasteiger partial charge in [-0.25, -0.2) is 9.59 Å². The largest absolute Gasteiger partial charge is 0.462 e. The SMILES string of the molecule is CCCCCCCCCCC/C=C/CCCCCCCOC(=O)c1ccc(S(=O)(=O)O)cc1C(=O)OCCCCCCC/C=C/CCCCCCCCCCC. The van der Waals surface area contributed by atoms with Crippen molar-refractivity contribution in [2.24, 2.45) is 0 Å². The van der Waals surface area contributed by atoms with Crippen LogP contribution in [0.3, 0.4) is 0 Å². The molecule has 8 heteroatoms. The van der Waals surface area contributed by atoms with E-state index in [-0.39, 0.29) is 24.3 Å². The average molecular weight is 803 g/mol. The van der Waals surface area contributed by atoms with Gasteiger partial charge in [0.2, 0.25) is 0 Å². The maximum absolute atomic E-state index is 13.0. The molecule has 1 N–H and O–H groups in total. The fourth-order valence-electron chi connectivity index (χ4n) is 6.92. The fraction of sp³-hybridized carbons (Fsp3) is 0.750. The number of unbranched alkanes of at least 4 members (excludes halogenated alkanes) is 28. The molecule has 0 aliphatic heterocycles. The topological polar surface area (TPSA) is 107 Å². The third-order valence-electron chi connectivity index (χ3n) is 10.5.